The third-order valence-corrected chi connectivity index (χ3v) is 7.04. The van der Waals surface area contributed by atoms with Crippen LogP contribution in [0.1, 0.15) is 23.3 Å². The van der Waals surface area contributed by atoms with Crippen molar-refractivity contribution in [1.29, 1.82) is 0 Å². The molecule has 0 spiro atoms. The van der Waals surface area contributed by atoms with Gasteiger partial charge in [-0.2, -0.15) is 0 Å². The van der Waals surface area contributed by atoms with Crippen LogP contribution in [0.2, 0.25) is 0 Å². The van der Waals surface area contributed by atoms with E-state index in [0.29, 0.717) is 64.3 Å². The van der Waals surface area contributed by atoms with Gasteiger partial charge in [-0.3, -0.25) is 19.3 Å². The number of aromatic amines is 1. The molecule has 0 saturated carbocycles. The second-order valence-electron chi connectivity index (χ2n) is 9.35. The van der Waals surface area contributed by atoms with E-state index in [1.54, 1.807) is 0 Å². The number of hydrogen-bond donors (Lipinski definition) is 2. The van der Waals surface area contributed by atoms with Crippen molar-refractivity contribution in [2.24, 2.45) is 5.92 Å². The summed E-state index contributed by atoms with van der Waals surface area (Å²) in [5, 5.41) is 4.00. The van der Waals surface area contributed by atoms with E-state index in [9.17, 15) is 14.4 Å². The Morgan fingerprint density at radius 1 is 0.829 bits per heavy atom. The standard InChI is InChI=1S/C27H31N5O3/c33-25(31-12-10-20(11-13-31)26(34)28-22-7-2-1-3-8-22)19-30-14-16-32(17-15-30)27(35)24-18-21-6-4-5-9-23(21)29-24/h1-9,18,20,29H,10-17,19H2,(H,28,34). The van der Waals surface area contributed by atoms with Gasteiger partial charge in [-0.25, -0.2) is 0 Å². The maximum Gasteiger partial charge on any atom is 0.270 e. The molecule has 2 aliphatic rings. The summed E-state index contributed by atoms with van der Waals surface area (Å²) in [4.78, 5) is 47.4. The predicted molar refractivity (Wildman–Crippen MR) is 135 cm³/mol. The number of nitrogens with zero attached hydrogens (tertiary/aromatic N) is 3. The first-order chi connectivity index (χ1) is 17.1. The molecule has 3 heterocycles. The number of rotatable bonds is 5. The molecule has 0 radical (unpaired) electrons. The van der Waals surface area contributed by atoms with Crippen molar-refractivity contribution < 1.29 is 14.4 Å². The van der Waals surface area contributed by atoms with Crippen LogP contribution in [0.4, 0.5) is 5.69 Å². The fourth-order valence-corrected chi connectivity index (χ4v) is 4.92. The second-order valence-corrected chi connectivity index (χ2v) is 9.35. The van der Waals surface area contributed by atoms with Gasteiger partial charge in [0, 0.05) is 61.8 Å². The molecular formula is C27H31N5O3. The van der Waals surface area contributed by atoms with Gasteiger partial charge in [-0.1, -0.05) is 36.4 Å². The Balaban J connectivity index is 1.06. The zero-order chi connectivity index (χ0) is 24.2. The summed E-state index contributed by atoms with van der Waals surface area (Å²) < 4.78 is 0. The van der Waals surface area contributed by atoms with Gasteiger partial charge in [0.05, 0.1) is 6.54 Å². The Hall–Kier alpha value is -3.65. The SMILES string of the molecule is O=C(Nc1ccccc1)C1CCN(C(=O)CN2CCN(C(=O)c3cc4ccccc4[nH]3)CC2)CC1. The third-order valence-electron chi connectivity index (χ3n) is 7.04. The van der Waals surface area contributed by atoms with Crippen LogP contribution in [0, 0.1) is 5.92 Å². The fraction of sp³-hybridized carbons (Fsp3) is 0.370. The van der Waals surface area contributed by atoms with Gasteiger partial charge in [0.1, 0.15) is 5.69 Å². The largest absolute Gasteiger partial charge is 0.351 e. The van der Waals surface area contributed by atoms with Gasteiger partial charge >= 0.3 is 0 Å². The Morgan fingerprint density at radius 3 is 2.23 bits per heavy atom. The predicted octanol–water partition coefficient (Wildman–Crippen LogP) is 2.80. The number of nitrogens with one attached hydrogen (secondary N) is 2. The fourth-order valence-electron chi connectivity index (χ4n) is 4.92. The quantitative estimate of drug-likeness (QED) is 0.597. The van der Waals surface area contributed by atoms with Crippen molar-refractivity contribution in [1.82, 2.24) is 19.7 Å². The minimum atomic E-state index is -0.0709. The molecule has 2 N–H and O–H groups in total. The average Bonchev–Trinajstić information content (AvgIpc) is 3.34. The van der Waals surface area contributed by atoms with Gasteiger partial charge in [0.15, 0.2) is 0 Å². The second kappa shape index (κ2) is 10.3. The van der Waals surface area contributed by atoms with Crippen LogP contribution in [-0.4, -0.2) is 83.2 Å². The molecule has 0 bridgehead atoms. The number of para-hydroxylation sites is 2. The number of amides is 3. The van der Waals surface area contributed by atoms with Crippen molar-refractivity contribution in [3.8, 4) is 0 Å². The smallest absolute Gasteiger partial charge is 0.270 e. The van der Waals surface area contributed by atoms with E-state index in [2.05, 4.69) is 15.2 Å². The number of fused-ring (bicyclic) bond motifs is 1. The minimum absolute atomic E-state index is 0.00280. The highest BCUT2D eigenvalue weighted by Gasteiger charge is 2.29. The molecule has 1 aromatic heterocycles. The van der Waals surface area contributed by atoms with Crippen LogP contribution < -0.4 is 5.32 Å². The first kappa shape index (κ1) is 23.1. The van der Waals surface area contributed by atoms with E-state index in [0.717, 1.165) is 16.6 Å². The summed E-state index contributed by atoms with van der Waals surface area (Å²) in [7, 11) is 0. The third kappa shape index (κ3) is 5.38. The van der Waals surface area contributed by atoms with Crippen LogP contribution in [0.25, 0.3) is 10.9 Å². The van der Waals surface area contributed by atoms with Gasteiger partial charge in [0.25, 0.3) is 5.91 Å². The molecule has 0 aliphatic carbocycles. The molecule has 2 fully saturated rings. The van der Waals surface area contributed by atoms with Crippen LogP contribution in [0.15, 0.2) is 60.7 Å². The van der Waals surface area contributed by atoms with Gasteiger partial charge < -0.3 is 20.1 Å². The van der Waals surface area contributed by atoms with Gasteiger partial charge in [0.2, 0.25) is 11.8 Å². The molecule has 2 aromatic carbocycles. The first-order valence-electron chi connectivity index (χ1n) is 12.3. The van der Waals surface area contributed by atoms with Crippen LogP contribution in [0.3, 0.4) is 0 Å². The van der Waals surface area contributed by atoms with Gasteiger partial charge in [-0.15, -0.1) is 0 Å². The highest BCUT2D eigenvalue weighted by molar-refractivity contribution is 5.98. The monoisotopic (exact) mass is 473 g/mol. The number of piperazine rings is 1. The highest BCUT2D eigenvalue weighted by Crippen LogP contribution is 2.20. The Kier molecular flexibility index (Phi) is 6.81. The lowest BCUT2D eigenvalue weighted by Gasteiger charge is -2.36. The summed E-state index contributed by atoms with van der Waals surface area (Å²) in [6.45, 7) is 4.11. The zero-order valence-corrected chi connectivity index (χ0v) is 19.8. The lowest BCUT2D eigenvalue weighted by Crippen LogP contribution is -2.52. The maximum absolute atomic E-state index is 12.9. The van der Waals surface area contributed by atoms with E-state index in [1.165, 1.54) is 0 Å². The molecule has 8 nitrogen and oxygen atoms in total. The molecule has 5 rings (SSSR count). The number of piperidine rings is 1. The van der Waals surface area contributed by atoms with Crippen molar-refractivity contribution >= 4 is 34.3 Å². The number of benzene rings is 2. The van der Waals surface area contributed by atoms with Crippen LogP contribution >= 0.6 is 0 Å². The average molecular weight is 474 g/mol. The molecule has 2 saturated heterocycles. The molecule has 8 heteroatoms. The number of hydrogen-bond acceptors (Lipinski definition) is 4. The lowest BCUT2D eigenvalue weighted by atomic mass is 9.95. The summed E-state index contributed by atoms with van der Waals surface area (Å²) in [5.74, 6) is 0.0582. The molecular weight excluding hydrogens is 442 g/mol. The van der Waals surface area contributed by atoms with Gasteiger partial charge in [-0.05, 0) is 37.1 Å². The Labute approximate surface area is 204 Å². The number of H-pyrrole nitrogens is 1. The molecule has 3 aromatic rings. The Bertz CT molecular complexity index is 1160. The molecule has 182 valence electrons. The Morgan fingerprint density at radius 2 is 1.51 bits per heavy atom. The lowest BCUT2D eigenvalue weighted by molar-refractivity contribution is -0.135. The molecule has 3 amide bonds. The van der Waals surface area contributed by atoms with Crippen LogP contribution in [-0.2, 0) is 9.59 Å². The zero-order valence-electron chi connectivity index (χ0n) is 19.8. The summed E-state index contributed by atoms with van der Waals surface area (Å²) in [6.07, 6.45) is 1.36. The normalized spacial score (nSPS) is 17.5. The first-order valence-corrected chi connectivity index (χ1v) is 12.3. The number of carbonyl (C=O) groups excluding carboxylic acids is 3. The molecule has 0 unspecified atom stereocenters. The van der Waals surface area contributed by atoms with Crippen molar-refractivity contribution in [3.63, 3.8) is 0 Å². The van der Waals surface area contributed by atoms with Crippen LogP contribution in [0.5, 0.6) is 0 Å². The topological polar surface area (TPSA) is 88.8 Å². The van der Waals surface area contributed by atoms with Crippen molar-refractivity contribution in [2.45, 2.75) is 12.8 Å². The van der Waals surface area contributed by atoms with E-state index in [1.807, 2.05) is 70.5 Å². The van der Waals surface area contributed by atoms with E-state index in [4.69, 9.17) is 0 Å². The van der Waals surface area contributed by atoms with Crippen molar-refractivity contribution in [3.05, 3.63) is 66.4 Å². The number of carbonyl (C=O) groups is 3. The molecule has 0 atom stereocenters. The summed E-state index contributed by atoms with van der Waals surface area (Å²) in [6, 6.07) is 19.2. The number of anilines is 1. The highest BCUT2D eigenvalue weighted by atomic mass is 16.2. The summed E-state index contributed by atoms with van der Waals surface area (Å²) >= 11 is 0. The van der Waals surface area contributed by atoms with E-state index >= 15 is 0 Å². The maximum atomic E-state index is 12.9. The molecule has 2 aliphatic heterocycles. The van der Waals surface area contributed by atoms with E-state index < -0.39 is 0 Å². The number of likely N-dealkylation sites (tertiary alicyclic amines) is 1. The minimum Gasteiger partial charge on any atom is -0.351 e. The van der Waals surface area contributed by atoms with E-state index in [-0.39, 0.29) is 23.6 Å². The number of aromatic nitrogens is 1. The van der Waals surface area contributed by atoms with Crippen molar-refractivity contribution in [2.75, 3.05) is 51.1 Å². The molecule has 35 heavy (non-hydrogen) atoms. The summed E-state index contributed by atoms with van der Waals surface area (Å²) in [5.41, 5.74) is 2.37.